The Morgan fingerprint density at radius 2 is 1.82 bits per heavy atom. The molecule has 3 aromatic carbocycles. The quantitative estimate of drug-likeness (QED) is 0.0904. The van der Waals surface area contributed by atoms with Crippen molar-refractivity contribution in [3.63, 3.8) is 0 Å². The number of hydrogen-bond acceptors (Lipinski definition) is 11. The molecule has 1 amide bonds. The molecule has 5 unspecified atom stereocenters. The van der Waals surface area contributed by atoms with Crippen LogP contribution in [0.15, 0.2) is 88.2 Å². The maximum Gasteiger partial charge on any atom is 0.407 e. The Bertz CT molecular complexity index is 1640. The molecule has 13 heteroatoms. The van der Waals surface area contributed by atoms with Crippen LogP contribution in [-0.4, -0.2) is 81.5 Å². The number of benzene rings is 3. The summed E-state index contributed by atoms with van der Waals surface area (Å²) in [4.78, 5) is 21.4. The van der Waals surface area contributed by atoms with Crippen molar-refractivity contribution in [1.82, 2.24) is 20.1 Å². The Hall–Kier alpha value is -3.69. The lowest BCUT2D eigenvalue weighted by Gasteiger charge is -2.31. The zero-order chi connectivity index (χ0) is 34.3. The highest BCUT2D eigenvalue weighted by molar-refractivity contribution is 7.89. The van der Waals surface area contributed by atoms with E-state index in [2.05, 4.69) is 20.4 Å². The van der Waals surface area contributed by atoms with Crippen molar-refractivity contribution in [2.45, 2.75) is 62.4 Å². The first-order valence-electron chi connectivity index (χ1n) is 16.8. The van der Waals surface area contributed by atoms with Gasteiger partial charge in [0.2, 0.25) is 0 Å². The van der Waals surface area contributed by atoms with Gasteiger partial charge in [0.15, 0.2) is 10.5 Å². The molecule has 0 radical (unpaired) electrons. The average molecular weight is 692 g/mol. The summed E-state index contributed by atoms with van der Waals surface area (Å²) in [6.07, 6.45) is -1.15. The third-order valence-corrected chi connectivity index (χ3v) is 10.2. The fourth-order valence-corrected chi connectivity index (χ4v) is 7.60. The number of aliphatic hydroxyl groups excluding tert-OH is 2. The van der Waals surface area contributed by atoms with E-state index >= 15 is 0 Å². The van der Waals surface area contributed by atoms with Crippen LogP contribution in [0.5, 0.6) is 0 Å². The summed E-state index contributed by atoms with van der Waals surface area (Å²) in [5.41, 5.74) is 2.99. The molecular formula is C36H45N5O7S. The SMILES string of the molecule is CC(C)Nc1nc2cc([S+]([O-])NN(Cc3ccccc3)C[C@@H](O)[C@H](Cc3ccccc3)NC(=O)OC3C(CO)CC4COCC43)ccc2o1. The van der Waals surface area contributed by atoms with E-state index in [1.165, 1.54) is 0 Å². The van der Waals surface area contributed by atoms with E-state index in [-0.39, 0.29) is 36.9 Å². The summed E-state index contributed by atoms with van der Waals surface area (Å²) in [5, 5.41) is 29.5. The number of oxazole rings is 1. The molecule has 2 fully saturated rings. The lowest BCUT2D eigenvalue weighted by Crippen LogP contribution is -2.53. The lowest BCUT2D eigenvalue weighted by atomic mass is 9.99. The highest BCUT2D eigenvalue weighted by Crippen LogP contribution is 2.42. The van der Waals surface area contributed by atoms with Crippen LogP contribution in [0.1, 0.15) is 31.4 Å². The molecule has 262 valence electrons. The highest BCUT2D eigenvalue weighted by atomic mass is 32.2. The molecule has 7 atom stereocenters. The highest BCUT2D eigenvalue weighted by Gasteiger charge is 2.48. The number of nitrogens with one attached hydrogen (secondary N) is 3. The number of aliphatic hydroxyl groups is 2. The second-order valence-electron chi connectivity index (χ2n) is 13.2. The molecule has 1 aromatic heterocycles. The van der Waals surface area contributed by atoms with Crippen LogP contribution in [0.2, 0.25) is 0 Å². The first-order chi connectivity index (χ1) is 23.7. The minimum atomic E-state index is -1.72. The van der Waals surface area contributed by atoms with Gasteiger partial charge in [-0.25, -0.2) is 4.79 Å². The van der Waals surface area contributed by atoms with Crippen LogP contribution in [0.3, 0.4) is 0 Å². The third-order valence-electron chi connectivity index (χ3n) is 9.10. The van der Waals surface area contributed by atoms with Gasteiger partial charge in [0, 0.05) is 50.2 Å². The van der Waals surface area contributed by atoms with E-state index < -0.39 is 35.7 Å². The van der Waals surface area contributed by atoms with E-state index in [0.29, 0.717) is 48.2 Å². The summed E-state index contributed by atoms with van der Waals surface area (Å²) in [5.74, 6) is 0.135. The molecular weight excluding hydrogens is 646 g/mol. The first-order valence-corrected chi connectivity index (χ1v) is 17.9. The van der Waals surface area contributed by atoms with E-state index in [9.17, 15) is 19.6 Å². The Morgan fingerprint density at radius 3 is 2.53 bits per heavy atom. The molecule has 2 aliphatic rings. The monoisotopic (exact) mass is 691 g/mol. The van der Waals surface area contributed by atoms with Gasteiger partial charge in [-0.1, -0.05) is 65.5 Å². The van der Waals surface area contributed by atoms with Crippen molar-refractivity contribution >= 4 is 34.6 Å². The molecule has 0 spiro atoms. The molecule has 1 saturated carbocycles. The van der Waals surface area contributed by atoms with Crippen LogP contribution in [0.25, 0.3) is 11.1 Å². The Balaban J connectivity index is 1.18. The fraction of sp³-hybridized carbons (Fsp3) is 0.444. The molecule has 2 heterocycles. The predicted octanol–water partition coefficient (Wildman–Crippen LogP) is 4.02. The van der Waals surface area contributed by atoms with Crippen molar-refractivity contribution in [3.05, 3.63) is 90.0 Å². The molecule has 1 aliphatic carbocycles. The van der Waals surface area contributed by atoms with Crippen molar-refractivity contribution in [2.24, 2.45) is 17.8 Å². The molecule has 6 rings (SSSR count). The Kier molecular flexibility index (Phi) is 11.7. The third kappa shape index (κ3) is 9.11. The number of hydrazine groups is 1. The fourth-order valence-electron chi connectivity index (χ4n) is 6.71. The lowest BCUT2D eigenvalue weighted by molar-refractivity contribution is 0.0124. The van der Waals surface area contributed by atoms with Crippen LogP contribution in [-0.2, 0) is 33.8 Å². The van der Waals surface area contributed by atoms with E-state index in [0.717, 1.165) is 17.5 Å². The number of carbonyl (C=O) groups is 1. The second kappa shape index (κ2) is 16.3. The van der Waals surface area contributed by atoms with Crippen molar-refractivity contribution in [2.75, 3.05) is 31.7 Å². The Morgan fingerprint density at radius 1 is 1.08 bits per heavy atom. The number of ether oxygens (including phenoxy) is 2. The van der Waals surface area contributed by atoms with Gasteiger partial charge < -0.3 is 39.3 Å². The van der Waals surface area contributed by atoms with Gasteiger partial charge in [-0.2, -0.15) is 9.99 Å². The second-order valence-corrected chi connectivity index (χ2v) is 14.4. The topological polar surface area (TPSA) is 164 Å². The van der Waals surface area contributed by atoms with Gasteiger partial charge in [0.05, 0.1) is 30.1 Å². The zero-order valence-corrected chi connectivity index (χ0v) is 28.6. The van der Waals surface area contributed by atoms with Gasteiger partial charge in [0.25, 0.3) is 6.01 Å². The summed E-state index contributed by atoms with van der Waals surface area (Å²) in [6.45, 7) is 5.34. The van der Waals surface area contributed by atoms with Crippen molar-refractivity contribution in [1.29, 1.82) is 0 Å². The van der Waals surface area contributed by atoms with Gasteiger partial charge >= 0.3 is 6.09 Å². The zero-order valence-electron chi connectivity index (χ0n) is 27.7. The normalized spacial score (nSPS) is 22.3. The van der Waals surface area contributed by atoms with Gasteiger partial charge in [0.1, 0.15) is 11.6 Å². The van der Waals surface area contributed by atoms with Crippen molar-refractivity contribution in [3.8, 4) is 0 Å². The number of hydrogen-bond donors (Lipinski definition) is 5. The molecule has 1 saturated heterocycles. The largest absolute Gasteiger partial charge is 0.592 e. The average Bonchev–Trinajstić information content (AvgIpc) is 3.80. The van der Waals surface area contributed by atoms with Crippen LogP contribution in [0, 0.1) is 17.8 Å². The van der Waals surface area contributed by atoms with E-state index in [1.54, 1.807) is 23.2 Å². The van der Waals surface area contributed by atoms with Crippen LogP contribution in [0.4, 0.5) is 10.8 Å². The van der Waals surface area contributed by atoms with Gasteiger partial charge in [-0.15, -0.1) is 0 Å². The van der Waals surface area contributed by atoms with Gasteiger partial charge in [-0.05, 0) is 55.9 Å². The molecule has 0 bridgehead atoms. The first kappa shape index (κ1) is 35.1. The molecule has 5 N–H and O–H groups in total. The minimum Gasteiger partial charge on any atom is -0.592 e. The minimum absolute atomic E-state index is 0.0221. The Labute approximate surface area is 289 Å². The summed E-state index contributed by atoms with van der Waals surface area (Å²) < 4.78 is 31.0. The molecule has 4 aromatic rings. The number of amides is 1. The summed E-state index contributed by atoms with van der Waals surface area (Å²) >= 11 is -1.72. The summed E-state index contributed by atoms with van der Waals surface area (Å²) in [6, 6.07) is 24.2. The molecule has 49 heavy (non-hydrogen) atoms. The maximum atomic E-state index is 13.7. The van der Waals surface area contributed by atoms with Crippen LogP contribution < -0.4 is 15.5 Å². The number of carbonyl (C=O) groups excluding carboxylic acids is 1. The number of fused-ring (bicyclic) bond motifs is 2. The predicted molar refractivity (Wildman–Crippen MR) is 186 cm³/mol. The number of alkyl carbamates (subject to hydrolysis) is 1. The smallest absolute Gasteiger partial charge is 0.407 e. The molecule has 1 aliphatic heterocycles. The molecule has 12 nitrogen and oxygen atoms in total. The van der Waals surface area contributed by atoms with E-state index in [4.69, 9.17) is 13.9 Å². The van der Waals surface area contributed by atoms with Crippen molar-refractivity contribution < 1.29 is 33.5 Å². The number of nitrogens with zero attached hydrogens (tertiary/aromatic N) is 2. The van der Waals surface area contributed by atoms with E-state index in [1.807, 2.05) is 74.5 Å². The number of anilines is 1. The maximum absolute atomic E-state index is 13.7. The van der Waals surface area contributed by atoms with Crippen LogP contribution >= 0.6 is 0 Å². The number of rotatable bonds is 15. The standard InChI is InChI=1S/C36H45N5O7S/c1-23(2)37-35-38-31-17-28(13-14-33(31)47-35)49(45)40-41(18-25-11-7-4-8-12-25)19-32(43)30(15-24-9-5-3-6-10-24)39-36(44)48-34-26(20-42)16-27-21-46-22-29(27)34/h3-14,17,23,26-27,29-30,32,34,40,42-43H,15-16,18-22H2,1-2H3,(H,37,38)(H,39,44)/t26?,27?,29?,30-,32+,34?,49?/m0/s1. The number of aromatic nitrogens is 1. The van der Waals surface area contributed by atoms with Gasteiger partial charge in [-0.3, -0.25) is 0 Å². The summed E-state index contributed by atoms with van der Waals surface area (Å²) in [7, 11) is 0.